The maximum atomic E-state index is 11.1. The van der Waals surface area contributed by atoms with Crippen LogP contribution in [-0.2, 0) is 0 Å². The first kappa shape index (κ1) is 15.1. The summed E-state index contributed by atoms with van der Waals surface area (Å²) >= 11 is 4.34. The Morgan fingerprint density at radius 1 is 0.947 bits per heavy atom. The Morgan fingerprint density at radius 3 is 2.11 bits per heavy atom. The largest absolute Gasteiger partial charge is 0.478 e. The predicted octanol–water partition coefficient (Wildman–Crippen LogP) is 4.48. The van der Waals surface area contributed by atoms with Crippen molar-refractivity contribution in [2.24, 2.45) is 0 Å². The fourth-order valence-electron chi connectivity index (χ4n) is 1.65. The van der Waals surface area contributed by atoms with Crippen LogP contribution in [0.3, 0.4) is 0 Å². The van der Waals surface area contributed by atoms with E-state index in [0.29, 0.717) is 11.1 Å². The number of carboxylic acids is 1. The molecule has 0 saturated carbocycles. The van der Waals surface area contributed by atoms with E-state index in [1.165, 1.54) is 0 Å². The minimum atomic E-state index is -0.922. The molecule has 0 fully saturated rings. The van der Waals surface area contributed by atoms with E-state index in [0.717, 1.165) is 10.5 Å². The van der Waals surface area contributed by atoms with Crippen LogP contribution in [0.15, 0.2) is 53.4 Å². The lowest BCUT2D eigenvalue weighted by molar-refractivity contribution is 0.0696. The van der Waals surface area contributed by atoms with Crippen LogP contribution in [0.2, 0.25) is 0 Å². The molecule has 2 rings (SSSR count). The summed E-state index contributed by atoms with van der Waals surface area (Å²) in [7, 11) is 0. The van der Waals surface area contributed by atoms with Gasteiger partial charge in [-0.3, -0.25) is 0 Å². The second-order valence-corrected chi connectivity index (χ2v) is 4.27. The lowest BCUT2D eigenvalue weighted by Crippen LogP contribution is -1.98. The lowest BCUT2D eigenvalue weighted by atomic mass is 10.1. The van der Waals surface area contributed by atoms with Gasteiger partial charge < -0.3 is 5.11 Å². The van der Waals surface area contributed by atoms with Crippen LogP contribution in [0.5, 0.6) is 0 Å². The molecule has 19 heavy (non-hydrogen) atoms. The first-order chi connectivity index (χ1) is 8.68. The van der Waals surface area contributed by atoms with Gasteiger partial charge in [0, 0.05) is 4.90 Å². The predicted molar refractivity (Wildman–Crippen MR) is 82.8 cm³/mol. The highest BCUT2D eigenvalue weighted by Crippen LogP contribution is 2.18. The van der Waals surface area contributed by atoms with Gasteiger partial charge in [0.1, 0.15) is 0 Å². The smallest absolute Gasteiger partial charge is 0.336 e. The summed E-state index contributed by atoms with van der Waals surface area (Å²) in [4.78, 5) is 11.9. The zero-order valence-corrected chi connectivity index (χ0v) is 10.5. The molecule has 0 heterocycles. The summed E-state index contributed by atoms with van der Waals surface area (Å²) in [6.07, 6.45) is 3.66. The summed E-state index contributed by atoms with van der Waals surface area (Å²) in [5, 5.41) is 9.07. The van der Waals surface area contributed by atoms with Gasteiger partial charge in [-0.05, 0) is 23.3 Å². The van der Waals surface area contributed by atoms with E-state index in [1.54, 1.807) is 24.3 Å². The highest BCUT2D eigenvalue weighted by atomic mass is 32.1. The van der Waals surface area contributed by atoms with Crippen LogP contribution in [0.4, 0.5) is 0 Å². The number of benzene rings is 2. The van der Waals surface area contributed by atoms with Crippen LogP contribution in [0, 0.1) is 0 Å². The molecule has 0 atom stereocenters. The third-order valence-corrected chi connectivity index (χ3v) is 2.98. The van der Waals surface area contributed by atoms with Crippen molar-refractivity contribution in [3.8, 4) is 0 Å². The van der Waals surface area contributed by atoms with E-state index >= 15 is 0 Å². The fourth-order valence-corrected chi connectivity index (χ4v) is 1.88. The number of carboxylic acid groups (broad SMARTS) is 1. The van der Waals surface area contributed by atoms with Gasteiger partial charge in [-0.1, -0.05) is 56.0 Å². The Labute approximate surface area is 118 Å². The molecule has 98 valence electrons. The molecule has 0 saturated heterocycles. The summed E-state index contributed by atoms with van der Waals surface area (Å²) in [5.74, 6) is -0.922. The van der Waals surface area contributed by atoms with E-state index in [2.05, 4.69) is 12.6 Å². The molecule has 1 N–H and O–H groups in total. The van der Waals surface area contributed by atoms with E-state index in [1.807, 2.05) is 36.4 Å². The molecule has 0 aliphatic rings. The van der Waals surface area contributed by atoms with Gasteiger partial charge in [0.2, 0.25) is 0 Å². The second-order valence-electron chi connectivity index (χ2n) is 3.78. The first-order valence-electron chi connectivity index (χ1n) is 5.47. The van der Waals surface area contributed by atoms with Gasteiger partial charge in [0.25, 0.3) is 0 Å². The van der Waals surface area contributed by atoms with Crippen molar-refractivity contribution < 1.29 is 9.90 Å². The van der Waals surface area contributed by atoms with Gasteiger partial charge in [-0.2, -0.15) is 0 Å². The van der Waals surface area contributed by atoms with E-state index in [-0.39, 0.29) is 7.43 Å². The Hall–Kier alpha value is -2.00. The molecule has 2 nitrogen and oxygen atoms in total. The summed E-state index contributed by atoms with van der Waals surface area (Å²) < 4.78 is 0. The number of carbonyl (C=O) groups is 1. The maximum Gasteiger partial charge on any atom is 0.336 e. The minimum absolute atomic E-state index is 0. The van der Waals surface area contributed by atoms with Crippen molar-refractivity contribution in [3.63, 3.8) is 0 Å². The minimum Gasteiger partial charge on any atom is -0.478 e. The number of hydrogen-bond acceptors (Lipinski definition) is 2. The number of aromatic carboxylic acids is 1. The molecule has 0 spiro atoms. The molecule has 0 aliphatic carbocycles. The Morgan fingerprint density at radius 2 is 1.47 bits per heavy atom. The average Bonchev–Trinajstić information content (AvgIpc) is 2.38. The molecule has 0 aromatic heterocycles. The monoisotopic (exact) mass is 272 g/mol. The molecule has 0 radical (unpaired) electrons. The summed E-state index contributed by atoms with van der Waals surface area (Å²) in [6, 6.07) is 14.6. The Balaban J connectivity index is 0.00000180. The number of rotatable bonds is 3. The molecule has 3 heteroatoms. The first-order valence-corrected chi connectivity index (χ1v) is 5.91. The van der Waals surface area contributed by atoms with E-state index in [9.17, 15) is 4.79 Å². The van der Waals surface area contributed by atoms with Gasteiger partial charge >= 0.3 is 5.97 Å². The fraction of sp³-hybridized carbons (Fsp3) is 0.0625. The van der Waals surface area contributed by atoms with Crippen molar-refractivity contribution in [1.29, 1.82) is 0 Å². The number of hydrogen-bond donors (Lipinski definition) is 2. The zero-order chi connectivity index (χ0) is 13.0. The van der Waals surface area contributed by atoms with Crippen molar-refractivity contribution in [3.05, 3.63) is 65.2 Å². The molecule has 0 amide bonds. The van der Waals surface area contributed by atoms with Crippen molar-refractivity contribution in [2.45, 2.75) is 12.3 Å². The molecule has 2 aromatic carbocycles. The summed E-state index contributed by atoms with van der Waals surface area (Å²) in [6.45, 7) is 0. The Kier molecular flexibility index (Phi) is 5.39. The maximum absolute atomic E-state index is 11.1. The van der Waals surface area contributed by atoms with Crippen LogP contribution in [0.1, 0.15) is 28.9 Å². The molecule has 2 aromatic rings. The number of thiol groups is 1. The lowest BCUT2D eigenvalue weighted by Gasteiger charge is -2.01. The standard InChI is InChI=1S/C15H12O2S.CH4/c16-15(17)13-7-3-1-5-11(13)9-10-12-6-2-4-8-14(12)18;/h1-10,18H,(H,16,17);1H4. The Bertz CT molecular complexity index is 603. The topological polar surface area (TPSA) is 37.3 Å². The molecular formula is C16H16O2S. The molecular weight excluding hydrogens is 256 g/mol. The SMILES string of the molecule is C.O=C(O)c1ccccc1C=Cc1ccccc1S. The zero-order valence-electron chi connectivity index (χ0n) is 9.58. The highest BCUT2D eigenvalue weighted by molar-refractivity contribution is 7.80. The van der Waals surface area contributed by atoms with Crippen molar-refractivity contribution >= 4 is 30.8 Å². The average molecular weight is 272 g/mol. The van der Waals surface area contributed by atoms with Gasteiger partial charge in [-0.25, -0.2) is 4.79 Å². The third-order valence-electron chi connectivity index (χ3n) is 2.57. The van der Waals surface area contributed by atoms with E-state index < -0.39 is 5.97 Å². The quantitative estimate of drug-likeness (QED) is 0.638. The normalized spacial score (nSPS) is 10.2. The van der Waals surface area contributed by atoms with Gasteiger partial charge in [-0.15, -0.1) is 12.6 Å². The van der Waals surface area contributed by atoms with Gasteiger partial charge in [0.15, 0.2) is 0 Å². The highest BCUT2D eigenvalue weighted by Gasteiger charge is 2.05. The summed E-state index contributed by atoms with van der Waals surface area (Å²) in [5.41, 5.74) is 1.94. The van der Waals surface area contributed by atoms with Crippen molar-refractivity contribution in [2.75, 3.05) is 0 Å². The molecule has 0 unspecified atom stereocenters. The van der Waals surface area contributed by atoms with Crippen LogP contribution in [0.25, 0.3) is 12.2 Å². The van der Waals surface area contributed by atoms with Crippen LogP contribution >= 0.6 is 12.6 Å². The van der Waals surface area contributed by atoms with Crippen LogP contribution < -0.4 is 0 Å². The van der Waals surface area contributed by atoms with Crippen molar-refractivity contribution in [1.82, 2.24) is 0 Å². The van der Waals surface area contributed by atoms with E-state index in [4.69, 9.17) is 5.11 Å². The molecule has 0 bridgehead atoms. The molecule has 0 aliphatic heterocycles. The van der Waals surface area contributed by atoms with Crippen LogP contribution in [-0.4, -0.2) is 11.1 Å². The van der Waals surface area contributed by atoms with Gasteiger partial charge in [0.05, 0.1) is 5.56 Å². The third kappa shape index (κ3) is 3.73. The second kappa shape index (κ2) is 6.81.